The number of nitrogens with two attached hydrogens (primary N) is 1. The number of aromatic nitrogens is 1. The Morgan fingerprint density at radius 2 is 2.33 bits per heavy atom. The fraction of sp³-hybridized carbons (Fsp3) is 0.167. The molecule has 2 rings (SSSR count). The molecule has 4 nitrogen and oxygen atoms in total. The Hall–Kier alpha value is -1.95. The molecule has 0 fully saturated rings. The van der Waals surface area contributed by atoms with Crippen molar-refractivity contribution < 1.29 is 9.18 Å². The molecule has 0 aliphatic carbocycles. The summed E-state index contributed by atoms with van der Waals surface area (Å²) >= 11 is 1.48. The number of amides is 1. The van der Waals surface area contributed by atoms with Crippen LogP contribution in [0.15, 0.2) is 23.7 Å². The summed E-state index contributed by atoms with van der Waals surface area (Å²) in [4.78, 5) is 16.9. The molecule has 0 aliphatic rings. The van der Waals surface area contributed by atoms with Crippen LogP contribution in [0.5, 0.6) is 0 Å². The third-order valence-electron chi connectivity index (χ3n) is 2.51. The van der Waals surface area contributed by atoms with Crippen molar-refractivity contribution in [3.63, 3.8) is 0 Å². The number of nitrogens with one attached hydrogen (secondary N) is 1. The topological polar surface area (TPSA) is 68.0 Å². The van der Waals surface area contributed by atoms with Gasteiger partial charge >= 0.3 is 0 Å². The number of nitrogen functional groups attached to an aromatic ring is 1. The summed E-state index contributed by atoms with van der Waals surface area (Å²) in [6.07, 6.45) is 0. The van der Waals surface area contributed by atoms with E-state index in [9.17, 15) is 9.18 Å². The Bertz CT molecular complexity index is 582. The molecule has 3 N–H and O–H groups in total. The molecular weight excluding hydrogens is 253 g/mol. The van der Waals surface area contributed by atoms with Crippen molar-refractivity contribution in [3.8, 4) is 0 Å². The molecule has 94 valence electrons. The molecule has 1 aromatic carbocycles. The summed E-state index contributed by atoms with van der Waals surface area (Å²) in [5.74, 6) is -0.775. The molecule has 0 unspecified atom stereocenters. The molecule has 1 heterocycles. The molecule has 0 atom stereocenters. The second kappa shape index (κ2) is 5.14. The van der Waals surface area contributed by atoms with E-state index < -0.39 is 5.82 Å². The molecular formula is C12H12FN3OS. The van der Waals surface area contributed by atoms with Gasteiger partial charge in [0.15, 0.2) is 0 Å². The zero-order chi connectivity index (χ0) is 13.1. The van der Waals surface area contributed by atoms with Gasteiger partial charge in [0, 0.05) is 10.6 Å². The highest BCUT2D eigenvalue weighted by atomic mass is 32.1. The van der Waals surface area contributed by atoms with Crippen molar-refractivity contribution >= 4 is 22.9 Å². The number of benzene rings is 1. The summed E-state index contributed by atoms with van der Waals surface area (Å²) in [5.41, 5.74) is 8.62. The van der Waals surface area contributed by atoms with Gasteiger partial charge in [0.05, 0.1) is 23.3 Å². The van der Waals surface area contributed by atoms with E-state index in [0.717, 1.165) is 16.6 Å². The quantitative estimate of drug-likeness (QED) is 0.835. The molecule has 0 spiro atoms. The summed E-state index contributed by atoms with van der Waals surface area (Å²) in [6, 6.07) is 3.72. The van der Waals surface area contributed by atoms with Crippen LogP contribution in [0.2, 0.25) is 0 Å². The van der Waals surface area contributed by atoms with Gasteiger partial charge in [0.1, 0.15) is 5.82 Å². The van der Waals surface area contributed by atoms with Crippen LogP contribution in [-0.2, 0) is 6.54 Å². The number of hydrogen-bond acceptors (Lipinski definition) is 4. The SMILES string of the molecule is Cc1ncsc1CNC(=O)c1ccc(F)cc1N. The lowest BCUT2D eigenvalue weighted by Crippen LogP contribution is -2.23. The molecule has 2 aromatic rings. The maximum atomic E-state index is 12.9. The largest absolute Gasteiger partial charge is 0.398 e. The first kappa shape index (κ1) is 12.5. The molecule has 1 amide bonds. The number of hydrogen-bond donors (Lipinski definition) is 2. The smallest absolute Gasteiger partial charge is 0.253 e. The monoisotopic (exact) mass is 265 g/mol. The van der Waals surface area contributed by atoms with Gasteiger partial charge in [0.25, 0.3) is 5.91 Å². The van der Waals surface area contributed by atoms with Crippen molar-refractivity contribution in [2.45, 2.75) is 13.5 Å². The zero-order valence-corrected chi connectivity index (χ0v) is 10.6. The van der Waals surface area contributed by atoms with Gasteiger partial charge in [-0.25, -0.2) is 9.37 Å². The van der Waals surface area contributed by atoms with Crippen molar-refractivity contribution in [1.82, 2.24) is 10.3 Å². The van der Waals surface area contributed by atoms with Crippen LogP contribution in [0.25, 0.3) is 0 Å². The van der Waals surface area contributed by atoms with Gasteiger partial charge in [0.2, 0.25) is 0 Å². The first-order valence-corrected chi connectivity index (χ1v) is 6.18. The van der Waals surface area contributed by atoms with Crippen LogP contribution >= 0.6 is 11.3 Å². The minimum Gasteiger partial charge on any atom is -0.398 e. The second-order valence-electron chi connectivity index (χ2n) is 3.78. The fourth-order valence-electron chi connectivity index (χ4n) is 1.49. The number of aryl methyl sites for hydroxylation is 1. The van der Waals surface area contributed by atoms with Crippen LogP contribution < -0.4 is 11.1 Å². The fourth-order valence-corrected chi connectivity index (χ4v) is 2.21. The number of thiazole rings is 1. The summed E-state index contributed by atoms with van der Waals surface area (Å²) in [6.45, 7) is 2.27. The molecule has 0 bridgehead atoms. The Labute approximate surface area is 108 Å². The molecule has 18 heavy (non-hydrogen) atoms. The van der Waals surface area contributed by atoms with Gasteiger partial charge in [-0.05, 0) is 25.1 Å². The Morgan fingerprint density at radius 3 is 2.94 bits per heavy atom. The lowest BCUT2D eigenvalue weighted by atomic mass is 10.1. The average molecular weight is 265 g/mol. The third-order valence-corrected chi connectivity index (χ3v) is 3.45. The van der Waals surface area contributed by atoms with Crippen molar-refractivity contribution in [2.75, 3.05) is 5.73 Å². The number of nitrogens with zero attached hydrogens (tertiary/aromatic N) is 1. The van der Waals surface area contributed by atoms with E-state index in [1.54, 1.807) is 5.51 Å². The van der Waals surface area contributed by atoms with Gasteiger partial charge < -0.3 is 11.1 Å². The number of halogens is 1. The third kappa shape index (κ3) is 2.65. The van der Waals surface area contributed by atoms with E-state index in [1.165, 1.54) is 23.5 Å². The van der Waals surface area contributed by atoms with E-state index in [-0.39, 0.29) is 17.2 Å². The summed E-state index contributed by atoms with van der Waals surface area (Å²) in [5, 5.41) is 2.73. The van der Waals surface area contributed by atoms with E-state index in [2.05, 4.69) is 10.3 Å². The predicted octanol–water partition coefficient (Wildman–Crippen LogP) is 2.10. The molecule has 0 saturated heterocycles. The highest BCUT2D eigenvalue weighted by Gasteiger charge is 2.11. The molecule has 0 aliphatic heterocycles. The Balaban J connectivity index is 2.06. The van der Waals surface area contributed by atoms with Crippen molar-refractivity contribution in [2.24, 2.45) is 0 Å². The van der Waals surface area contributed by atoms with E-state index in [4.69, 9.17) is 5.73 Å². The van der Waals surface area contributed by atoms with Crippen LogP contribution in [0.1, 0.15) is 20.9 Å². The first-order chi connectivity index (χ1) is 8.58. The minimum atomic E-state index is -0.456. The standard InChI is InChI=1S/C12H12FN3OS/c1-7-11(18-6-16-7)5-15-12(17)9-3-2-8(13)4-10(9)14/h2-4,6H,5,14H2,1H3,(H,15,17). The van der Waals surface area contributed by atoms with Crippen molar-refractivity contribution in [3.05, 3.63) is 45.7 Å². The number of rotatable bonds is 3. The van der Waals surface area contributed by atoms with E-state index >= 15 is 0 Å². The van der Waals surface area contributed by atoms with Crippen LogP contribution in [0, 0.1) is 12.7 Å². The molecule has 6 heteroatoms. The zero-order valence-electron chi connectivity index (χ0n) is 9.74. The molecule has 1 aromatic heterocycles. The van der Waals surface area contributed by atoms with Gasteiger partial charge in [-0.15, -0.1) is 11.3 Å². The van der Waals surface area contributed by atoms with Gasteiger partial charge in [-0.3, -0.25) is 4.79 Å². The highest BCUT2D eigenvalue weighted by Crippen LogP contribution is 2.15. The highest BCUT2D eigenvalue weighted by molar-refractivity contribution is 7.09. The summed E-state index contributed by atoms with van der Waals surface area (Å²) < 4.78 is 12.9. The van der Waals surface area contributed by atoms with E-state index in [1.807, 2.05) is 6.92 Å². The summed E-state index contributed by atoms with van der Waals surface area (Å²) in [7, 11) is 0. The van der Waals surface area contributed by atoms with Gasteiger partial charge in [-0.1, -0.05) is 0 Å². The molecule has 0 saturated carbocycles. The van der Waals surface area contributed by atoms with E-state index in [0.29, 0.717) is 6.54 Å². The predicted molar refractivity (Wildman–Crippen MR) is 68.8 cm³/mol. The number of carbonyl (C=O) groups is 1. The normalized spacial score (nSPS) is 10.3. The Kier molecular flexibility index (Phi) is 3.57. The lowest BCUT2D eigenvalue weighted by molar-refractivity contribution is 0.0952. The van der Waals surface area contributed by atoms with Crippen molar-refractivity contribution in [1.29, 1.82) is 0 Å². The number of carbonyl (C=O) groups excluding carboxylic acids is 1. The maximum Gasteiger partial charge on any atom is 0.253 e. The first-order valence-electron chi connectivity index (χ1n) is 5.30. The van der Waals surface area contributed by atoms with Crippen LogP contribution in [0.4, 0.5) is 10.1 Å². The number of anilines is 1. The Morgan fingerprint density at radius 1 is 1.56 bits per heavy atom. The lowest BCUT2D eigenvalue weighted by Gasteiger charge is -2.06. The van der Waals surface area contributed by atoms with Crippen LogP contribution in [-0.4, -0.2) is 10.9 Å². The van der Waals surface area contributed by atoms with Gasteiger partial charge in [-0.2, -0.15) is 0 Å². The average Bonchev–Trinajstić information content (AvgIpc) is 2.72. The maximum absolute atomic E-state index is 12.9. The minimum absolute atomic E-state index is 0.133. The second-order valence-corrected chi connectivity index (χ2v) is 4.71. The molecule has 0 radical (unpaired) electrons. The van der Waals surface area contributed by atoms with Crippen LogP contribution in [0.3, 0.4) is 0 Å².